The normalized spacial score (nSPS) is 14.5. The molecule has 0 radical (unpaired) electrons. The fourth-order valence-electron chi connectivity index (χ4n) is 1.07. The molecule has 0 aliphatic heterocycles. The summed E-state index contributed by atoms with van der Waals surface area (Å²) in [5.74, 6) is -0.779. The summed E-state index contributed by atoms with van der Waals surface area (Å²) in [7, 11) is 0. The first kappa shape index (κ1) is 10.4. The van der Waals surface area contributed by atoms with Crippen LogP contribution in [0.4, 0.5) is 0 Å². The van der Waals surface area contributed by atoms with Crippen LogP contribution in [-0.2, 0) is 4.79 Å². The van der Waals surface area contributed by atoms with E-state index in [0.717, 1.165) is 6.42 Å². The van der Waals surface area contributed by atoms with Gasteiger partial charge in [0.15, 0.2) is 0 Å². The zero-order valence-electron chi connectivity index (χ0n) is 7.42. The molecule has 0 bridgehead atoms. The molecular weight excluding hydrogens is 142 g/mol. The van der Waals surface area contributed by atoms with Crippen molar-refractivity contribution in [3.63, 3.8) is 0 Å². The van der Waals surface area contributed by atoms with Gasteiger partial charge in [0.05, 0.1) is 6.42 Å². The van der Waals surface area contributed by atoms with E-state index < -0.39 is 5.97 Å². The van der Waals surface area contributed by atoms with Gasteiger partial charge < -0.3 is 10.8 Å². The maximum atomic E-state index is 10.4. The van der Waals surface area contributed by atoms with Crippen molar-refractivity contribution in [1.29, 1.82) is 0 Å². The van der Waals surface area contributed by atoms with Crippen LogP contribution in [0.1, 0.15) is 33.6 Å². The highest BCUT2D eigenvalue weighted by Crippen LogP contribution is 2.25. The van der Waals surface area contributed by atoms with Crippen LogP contribution in [0.2, 0.25) is 0 Å². The van der Waals surface area contributed by atoms with Crippen LogP contribution in [0.3, 0.4) is 0 Å². The van der Waals surface area contributed by atoms with E-state index >= 15 is 0 Å². The van der Waals surface area contributed by atoms with Gasteiger partial charge in [0.1, 0.15) is 0 Å². The lowest BCUT2D eigenvalue weighted by Crippen LogP contribution is -2.38. The number of carboxylic acids is 1. The van der Waals surface area contributed by atoms with E-state index in [4.69, 9.17) is 10.8 Å². The van der Waals surface area contributed by atoms with E-state index in [-0.39, 0.29) is 17.9 Å². The first-order valence-electron chi connectivity index (χ1n) is 3.87. The molecule has 0 rings (SSSR count). The first-order chi connectivity index (χ1) is 4.90. The van der Waals surface area contributed by atoms with E-state index in [9.17, 15) is 4.79 Å². The second-order valence-electron chi connectivity index (χ2n) is 3.57. The molecule has 11 heavy (non-hydrogen) atoms. The highest BCUT2D eigenvalue weighted by Gasteiger charge is 2.27. The van der Waals surface area contributed by atoms with E-state index in [1.165, 1.54) is 0 Å². The molecular formula is C8H17NO2. The van der Waals surface area contributed by atoms with Gasteiger partial charge >= 0.3 is 5.97 Å². The van der Waals surface area contributed by atoms with E-state index in [1.54, 1.807) is 0 Å². The van der Waals surface area contributed by atoms with Gasteiger partial charge in [-0.1, -0.05) is 20.8 Å². The smallest absolute Gasteiger partial charge is 0.303 e. The van der Waals surface area contributed by atoms with Crippen molar-refractivity contribution in [3.05, 3.63) is 0 Å². The lowest BCUT2D eigenvalue weighted by atomic mass is 9.80. The minimum absolute atomic E-state index is 0.0291. The molecule has 66 valence electrons. The Kier molecular flexibility index (Phi) is 3.52. The van der Waals surface area contributed by atoms with Gasteiger partial charge in [-0.25, -0.2) is 0 Å². The summed E-state index contributed by atoms with van der Waals surface area (Å²) in [6.45, 7) is 5.73. The highest BCUT2D eigenvalue weighted by atomic mass is 16.4. The van der Waals surface area contributed by atoms with Gasteiger partial charge in [0, 0.05) is 6.04 Å². The molecule has 0 aromatic carbocycles. The topological polar surface area (TPSA) is 63.3 Å². The summed E-state index contributed by atoms with van der Waals surface area (Å²) >= 11 is 0. The fourth-order valence-corrected chi connectivity index (χ4v) is 1.07. The van der Waals surface area contributed by atoms with Gasteiger partial charge in [-0.15, -0.1) is 0 Å². The molecule has 0 aliphatic rings. The van der Waals surface area contributed by atoms with Crippen LogP contribution >= 0.6 is 0 Å². The molecule has 0 spiro atoms. The standard InChI is InChI=1S/C8H17NO2/c1-4-6(9)8(2,3)5-7(10)11/h6H,4-5,9H2,1-3H3,(H,10,11). The molecule has 0 fully saturated rings. The van der Waals surface area contributed by atoms with Gasteiger partial charge in [-0.05, 0) is 11.8 Å². The zero-order chi connectivity index (χ0) is 9.07. The second-order valence-corrected chi connectivity index (χ2v) is 3.57. The summed E-state index contributed by atoms with van der Waals surface area (Å²) < 4.78 is 0. The van der Waals surface area contributed by atoms with Crippen molar-refractivity contribution in [2.45, 2.75) is 39.7 Å². The van der Waals surface area contributed by atoms with Crippen molar-refractivity contribution in [3.8, 4) is 0 Å². The van der Waals surface area contributed by atoms with Crippen molar-refractivity contribution in [2.75, 3.05) is 0 Å². The third-order valence-corrected chi connectivity index (χ3v) is 2.05. The molecule has 1 unspecified atom stereocenters. The van der Waals surface area contributed by atoms with Gasteiger partial charge in [-0.3, -0.25) is 4.79 Å². The molecule has 0 amide bonds. The molecule has 0 saturated heterocycles. The summed E-state index contributed by atoms with van der Waals surface area (Å²) in [4.78, 5) is 10.4. The highest BCUT2D eigenvalue weighted by molar-refractivity contribution is 5.67. The Labute approximate surface area is 67.6 Å². The molecule has 0 heterocycles. The Hall–Kier alpha value is -0.570. The summed E-state index contributed by atoms with van der Waals surface area (Å²) in [6, 6.07) is -0.0291. The molecule has 0 aromatic rings. The molecule has 0 saturated carbocycles. The number of hydrogen-bond acceptors (Lipinski definition) is 2. The molecule has 0 aromatic heterocycles. The summed E-state index contributed by atoms with van der Waals surface area (Å²) in [5.41, 5.74) is 5.44. The Bertz CT molecular complexity index is 143. The van der Waals surface area contributed by atoms with E-state index in [1.807, 2.05) is 20.8 Å². The predicted octanol–water partition coefficient (Wildman–Crippen LogP) is 1.22. The average molecular weight is 159 g/mol. The van der Waals surface area contributed by atoms with E-state index in [0.29, 0.717) is 0 Å². The lowest BCUT2D eigenvalue weighted by Gasteiger charge is -2.28. The quantitative estimate of drug-likeness (QED) is 0.648. The van der Waals surface area contributed by atoms with Crippen LogP contribution in [0.5, 0.6) is 0 Å². The van der Waals surface area contributed by atoms with Crippen molar-refractivity contribution in [2.24, 2.45) is 11.1 Å². The predicted molar refractivity (Wildman–Crippen MR) is 44.3 cm³/mol. The number of carboxylic acid groups (broad SMARTS) is 1. The van der Waals surface area contributed by atoms with Crippen LogP contribution in [0.25, 0.3) is 0 Å². The van der Waals surface area contributed by atoms with Crippen LogP contribution in [-0.4, -0.2) is 17.1 Å². The number of aliphatic carboxylic acids is 1. The Morgan fingerprint density at radius 1 is 1.64 bits per heavy atom. The van der Waals surface area contributed by atoms with Gasteiger partial charge in [0.25, 0.3) is 0 Å². The minimum Gasteiger partial charge on any atom is -0.481 e. The third kappa shape index (κ3) is 3.37. The minimum atomic E-state index is -0.779. The fraction of sp³-hybridized carbons (Fsp3) is 0.875. The zero-order valence-corrected chi connectivity index (χ0v) is 7.42. The monoisotopic (exact) mass is 159 g/mol. The Balaban J connectivity index is 4.08. The first-order valence-corrected chi connectivity index (χ1v) is 3.87. The molecule has 0 aliphatic carbocycles. The van der Waals surface area contributed by atoms with Crippen LogP contribution in [0, 0.1) is 5.41 Å². The number of hydrogen-bond donors (Lipinski definition) is 2. The van der Waals surface area contributed by atoms with Gasteiger partial charge in [0.2, 0.25) is 0 Å². The Morgan fingerprint density at radius 2 is 2.09 bits per heavy atom. The number of rotatable bonds is 4. The van der Waals surface area contributed by atoms with Crippen molar-refractivity contribution >= 4 is 5.97 Å². The average Bonchev–Trinajstić information content (AvgIpc) is 1.83. The van der Waals surface area contributed by atoms with Crippen molar-refractivity contribution in [1.82, 2.24) is 0 Å². The summed E-state index contributed by atoms with van der Waals surface area (Å²) in [5, 5.41) is 8.54. The molecule has 3 heteroatoms. The maximum Gasteiger partial charge on any atom is 0.303 e. The Morgan fingerprint density at radius 3 is 2.36 bits per heavy atom. The number of nitrogens with two attached hydrogens (primary N) is 1. The summed E-state index contributed by atoms with van der Waals surface area (Å²) in [6.07, 6.45) is 0.961. The largest absolute Gasteiger partial charge is 0.481 e. The maximum absolute atomic E-state index is 10.4. The van der Waals surface area contributed by atoms with Crippen LogP contribution < -0.4 is 5.73 Å². The van der Waals surface area contributed by atoms with Gasteiger partial charge in [-0.2, -0.15) is 0 Å². The molecule has 3 N–H and O–H groups in total. The lowest BCUT2D eigenvalue weighted by molar-refractivity contribution is -0.139. The van der Waals surface area contributed by atoms with Crippen LogP contribution in [0.15, 0.2) is 0 Å². The SMILES string of the molecule is CCC(N)C(C)(C)CC(=O)O. The van der Waals surface area contributed by atoms with Crippen molar-refractivity contribution < 1.29 is 9.90 Å². The molecule has 3 nitrogen and oxygen atoms in total. The van der Waals surface area contributed by atoms with E-state index in [2.05, 4.69) is 0 Å². The third-order valence-electron chi connectivity index (χ3n) is 2.05. The number of carbonyl (C=O) groups is 1. The second kappa shape index (κ2) is 3.72. The molecule has 1 atom stereocenters.